The SMILES string of the molecule is C=CCCCC1C[C@H]1OC(=O)N[C@H](C(=O)O)C1(C)CCCC1. The number of carboxylic acid groups (broad SMARTS) is 1. The summed E-state index contributed by atoms with van der Waals surface area (Å²) in [6.45, 7) is 5.63. The number of aliphatic carboxylic acids is 1. The van der Waals surface area contributed by atoms with Gasteiger partial charge in [0.1, 0.15) is 12.1 Å². The Hall–Kier alpha value is -1.52. The highest BCUT2D eigenvalue weighted by Crippen LogP contribution is 2.41. The fraction of sp³-hybridized carbons (Fsp3) is 0.765. The Labute approximate surface area is 132 Å². The molecule has 0 aromatic heterocycles. The molecule has 1 unspecified atom stereocenters. The van der Waals surface area contributed by atoms with Crippen LogP contribution in [0.2, 0.25) is 0 Å². The number of alkyl carbamates (subject to hydrolysis) is 1. The van der Waals surface area contributed by atoms with Gasteiger partial charge in [-0.3, -0.25) is 0 Å². The molecule has 2 fully saturated rings. The lowest BCUT2D eigenvalue weighted by molar-refractivity contribution is -0.142. The highest BCUT2D eigenvalue weighted by atomic mass is 16.6. The number of rotatable bonds is 8. The van der Waals surface area contributed by atoms with Crippen LogP contribution < -0.4 is 5.32 Å². The van der Waals surface area contributed by atoms with E-state index in [1.807, 2.05) is 13.0 Å². The lowest BCUT2D eigenvalue weighted by Crippen LogP contribution is -2.50. The van der Waals surface area contributed by atoms with Gasteiger partial charge in [0, 0.05) is 0 Å². The van der Waals surface area contributed by atoms with Gasteiger partial charge in [-0.1, -0.05) is 25.8 Å². The normalized spacial score (nSPS) is 27.0. The molecular weight excluding hydrogens is 282 g/mol. The maximum atomic E-state index is 12.0. The molecule has 1 amide bonds. The van der Waals surface area contributed by atoms with Crippen LogP contribution in [0, 0.1) is 11.3 Å². The molecule has 5 heteroatoms. The summed E-state index contributed by atoms with van der Waals surface area (Å²) in [6.07, 6.45) is 8.92. The molecule has 0 saturated heterocycles. The van der Waals surface area contributed by atoms with Crippen LogP contribution in [0.25, 0.3) is 0 Å². The van der Waals surface area contributed by atoms with E-state index >= 15 is 0 Å². The summed E-state index contributed by atoms with van der Waals surface area (Å²) >= 11 is 0. The van der Waals surface area contributed by atoms with Crippen molar-refractivity contribution in [3.05, 3.63) is 12.7 Å². The van der Waals surface area contributed by atoms with Crippen LogP contribution in [0.3, 0.4) is 0 Å². The molecule has 2 rings (SSSR count). The van der Waals surface area contributed by atoms with Crippen LogP contribution in [-0.4, -0.2) is 29.3 Å². The number of carbonyl (C=O) groups excluding carboxylic acids is 1. The predicted molar refractivity (Wildman–Crippen MR) is 83.6 cm³/mol. The number of hydrogen-bond acceptors (Lipinski definition) is 3. The minimum Gasteiger partial charge on any atom is -0.480 e. The van der Waals surface area contributed by atoms with E-state index in [9.17, 15) is 14.7 Å². The van der Waals surface area contributed by atoms with Crippen molar-refractivity contribution in [3.8, 4) is 0 Å². The Morgan fingerprint density at radius 1 is 1.45 bits per heavy atom. The van der Waals surface area contributed by atoms with Gasteiger partial charge in [-0.15, -0.1) is 6.58 Å². The maximum Gasteiger partial charge on any atom is 0.408 e. The predicted octanol–water partition coefficient (Wildman–Crippen LogP) is 3.49. The first-order chi connectivity index (χ1) is 10.5. The largest absolute Gasteiger partial charge is 0.480 e. The third kappa shape index (κ3) is 4.24. The molecule has 0 aliphatic heterocycles. The molecule has 2 saturated carbocycles. The Bertz CT molecular complexity index is 428. The van der Waals surface area contributed by atoms with Crippen molar-refractivity contribution < 1.29 is 19.4 Å². The van der Waals surface area contributed by atoms with E-state index in [-0.39, 0.29) is 11.5 Å². The summed E-state index contributed by atoms with van der Waals surface area (Å²) in [7, 11) is 0. The van der Waals surface area contributed by atoms with Gasteiger partial charge in [0.2, 0.25) is 0 Å². The highest BCUT2D eigenvalue weighted by Gasteiger charge is 2.44. The van der Waals surface area contributed by atoms with Gasteiger partial charge in [0.25, 0.3) is 0 Å². The van der Waals surface area contributed by atoms with Crippen molar-refractivity contribution >= 4 is 12.1 Å². The topological polar surface area (TPSA) is 75.6 Å². The summed E-state index contributed by atoms with van der Waals surface area (Å²) in [6, 6.07) is -0.861. The number of unbranched alkanes of at least 4 members (excludes halogenated alkanes) is 1. The fourth-order valence-electron chi connectivity index (χ4n) is 3.49. The molecule has 2 N–H and O–H groups in total. The van der Waals surface area contributed by atoms with E-state index in [0.29, 0.717) is 5.92 Å². The Morgan fingerprint density at radius 2 is 2.14 bits per heavy atom. The molecule has 0 spiro atoms. The first-order valence-electron chi connectivity index (χ1n) is 8.27. The van der Waals surface area contributed by atoms with Crippen molar-refractivity contribution in [2.45, 2.75) is 70.4 Å². The zero-order chi connectivity index (χ0) is 16.2. The van der Waals surface area contributed by atoms with E-state index in [1.165, 1.54) is 0 Å². The molecule has 2 aliphatic rings. The zero-order valence-electron chi connectivity index (χ0n) is 13.3. The van der Waals surface area contributed by atoms with Crippen molar-refractivity contribution in [1.82, 2.24) is 5.32 Å². The molecule has 0 aromatic rings. The summed E-state index contributed by atoms with van der Waals surface area (Å²) < 4.78 is 5.35. The number of amides is 1. The molecule has 0 heterocycles. The van der Waals surface area contributed by atoms with Gasteiger partial charge in [-0.25, -0.2) is 9.59 Å². The minimum atomic E-state index is -0.973. The molecule has 0 radical (unpaired) electrons. The lowest BCUT2D eigenvalue weighted by atomic mass is 9.80. The maximum absolute atomic E-state index is 12.0. The fourth-order valence-corrected chi connectivity index (χ4v) is 3.49. The van der Waals surface area contributed by atoms with Crippen molar-refractivity contribution in [3.63, 3.8) is 0 Å². The standard InChI is InChI=1S/C17H27NO4/c1-3-4-5-8-12-11-13(12)22-16(21)18-14(15(19)20)17(2)9-6-7-10-17/h3,12-14H,1,4-11H2,2H3,(H,18,21)(H,19,20)/t12?,13-,14-/m1/s1. The average Bonchev–Trinajstić information content (AvgIpc) is 3.03. The smallest absolute Gasteiger partial charge is 0.408 e. The van der Waals surface area contributed by atoms with Crippen LogP contribution in [0.4, 0.5) is 4.79 Å². The van der Waals surface area contributed by atoms with Gasteiger partial charge >= 0.3 is 12.1 Å². The highest BCUT2D eigenvalue weighted by molar-refractivity contribution is 5.81. The Morgan fingerprint density at radius 3 is 2.73 bits per heavy atom. The molecule has 22 heavy (non-hydrogen) atoms. The second-order valence-corrected chi connectivity index (χ2v) is 6.94. The second-order valence-electron chi connectivity index (χ2n) is 6.94. The molecule has 0 aromatic carbocycles. The van der Waals surface area contributed by atoms with E-state index in [2.05, 4.69) is 11.9 Å². The number of hydrogen-bond donors (Lipinski definition) is 2. The summed E-state index contributed by atoms with van der Waals surface area (Å²) in [5.41, 5.74) is -0.363. The van der Waals surface area contributed by atoms with Crippen LogP contribution in [0.1, 0.15) is 58.3 Å². The van der Waals surface area contributed by atoms with E-state index in [4.69, 9.17) is 4.74 Å². The van der Waals surface area contributed by atoms with Crippen molar-refractivity contribution in [1.29, 1.82) is 0 Å². The number of ether oxygens (including phenoxy) is 1. The summed E-state index contributed by atoms with van der Waals surface area (Å²) in [5, 5.41) is 12.0. The Kier molecular flexibility index (Phi) is 5.48. The zero-order valence-corrected chi connectivity index (χ0v) is 13.3. The molecule has 2 aliphatic carbocycles. The molecule has 0 bridgehead atoms. The van der Waals surface area contributed by atoms with Crippen LogP contribution in [0.5, 0.6) is 0 Å². The second kappa shape index (κ2) is 7.16. The molecule has 3 atom stereocenters. The van der Waals surface area contributed by atoms with Gasteiger partial charge < -0.3 is 15.2 Å². The van der Waals surface area contributed by atoms with Gasteiger partial charge in [-0.05, 0) is 49.9 Å². The third-order valence-corrected chi connectivity index (χ3v) is 5.05. The minimum absolute atomic E-state index is 0.0457. The average molecular weight is 309 g/mol. The monoisotopic (exact) mass is 309 g/mol. The van der Waals surface area contributed by atoms with Crippen molar-refractivity contribution in [2.75, 3.05) is 0 Å². The van der Waals surface area contributed by atoms with Gasteiger partial charge in [0.05, 0.1) is 0 Å². The third-order valence-electron chi connectivity index (χ3n) is 5.05. The molecule has 124 valence electrons. The number of allylic oxidation sites excluding steroid dienone is 1. The first-order valence-corrected chi connectivity index (χ1v) is 8.27. The number of carbonyl (C=O) groups is 2. The van der Waals surface area contributed by atoms with E-state index in [1.54, 1.807) is 0 Å². The Balaban J connectivity index is 1.78. The molecular formula is C17H27NO4. The molecule has 5 nitrogen and oxygen atoms in total. The lowest BCUT2D eigenvalue weighted by Gasteiger charge is -2.31. The quantitative estimate of drug-likeness (QED) is 0.531. The number of nitrogens with one attached hydrogen (secondary N) is 1. The summed E-state index contributed by atoms with van der Waals surface area (Å²) in [4.78, 5) is 23.5. The summed E-state index contributed by atoms with van der Waals surface area (Å²) in [5.74, 6) is -0.546. The van der Waals surface area contributed by atoms with Gasteiger partial charge in [-0.2, -0.15) is 0 Å². The van der Waals surface area contributed by atoms with Crippen LogP contribution in [0.15, 0.2) is 12.7 Å². The van der Waals surface area contributed by atoms with Crippen LogP contribution >= 0.6 is 0 Å². The van der Waals surface area contributed by atoms with E-state index < -0.39 is 18.1 Å². The van der Waals surface area contributed by atoms with Crippen LogP contribution in [-0.2, 0) is 9.53 Å². The van der Waals surface area contributed by atoms with Gasteiger partial charge in [0.15, 0.2) is 0 Å². The van der Waals surface area contributed by atoms with Crippen molar-refractivity contribution in [2.24, 2.45) is 11.3 Å². The number of carboxylic acids is 1. The van der Waals surface area contributed by atoms with E-state index in [0.717, 1.165) is 51.4 Å². The first kappa shape index (κ1) is 16.8.